The topological polar surface area (TPSA) is 72.2 Å². The van der Waals surface area contributed by atoms with Crippen LogP contribution in [0.3, 0.4) is 0 Å². The molecular formula is C17H18N2O3S. The normalized spacial score (nSPS) is 13.8. The highest BCUT2D eigenvalue weighted by molar-refractivity contribution is 7.83. The molecule has 2 rings (SSSR count). The lowest BCUT2D eigenvalue weighted by Crippen LogP contribution is -2.35. The van der Waals surface area contributed by atoms with Gasteiger partial charge in [0.05, 0.1) is 4.90 Å². The maximum absolute atomic E-state index is 12.3. The van der Waals surface area contributed by atoms with Gasteiger partial charge in [0.2, 0.25) is 6.54 Å². The first-order chi connectivity index (χ1) is 11.0. The monoisotopic (exact) mass is 330 g/mol. The zero-order valence-electron chi connectivity index (χ0n) is 12.7. The molecule has 0 saturated carbocycles. The number of nitrogens with zero attached hydrogens (tertiary/aromatic N) is 1. The second-order valence-corrected chi connectivity index (χ2v) is 6.34. The SMILES string of the molecule is Cc1ccc([S@](=O)N[C@H](/C=C/c2ccccc2)C[N+](=O)[O-])cc1. The minimum Gasteiger partial charge on any atom is -0.264 e. The number of nitro groups is 1. The predicted molar refractivity (Wildman–Crippen MR) is 91.8 cm³/mol. The van der Waals surface area contributed by atoms with E-state index in [1.165, 1.54) is 0 Å². The molecule has 0 unspecified atom stereocenters. The molecule has 0 aliphatic heterocycles. The van der Waals surface area contributed by atoms with Gasteiger partial charge in [-0.15, -0.1) is 0 Å². The molecule has 0 radical (unpaired) electrons. The fourth-order valence-corrected chi connectivity index (χ4v) is 2.90. The Morgan fingerprint density at radius 3 is 2.43 bits per heavy atom. The first-order valence-corrected chi connectivity index (χ1v) is 8.29. The molecule has 0 fully saturated rings. The average Bonchev–Trinajstić information content (AvgIpc) is 2.53. The third-order valence-corrected chi connectivity index (χ3v) is 4.38. The van der Waals surface area contributed by atoms with Gasteiger partial charge < -0.3 is 0 Å². The molecule has 0 aliphatic carbocycles. The standard InChI is InChI=1S/C17H18N2O3S/c1-14-7-11-17(12-8-14)23(22)18-16(13-19(20)21)10-9-15-5-3-2-4-6-15/h2-12,16,18H,13H2,1H3/b10-9+/t16-,23+/m1/s1. The molecule has 5 nitrogen and oxygen atoms in total. The summed E-state index contributed by atoms with van der Waals surface area (Å²) in [5.74, 6) is 0. The molecule has 2 aromatic rings. The number of hydrogen-bond acceptors (Lipinski definition) is 3. The minimum atomic E-state index is -1.50. The van der Waals surface area contributed by atoms with E-state index in [2.05, 4.69) is 4.72 Å². The highest BCUT2D eigenvalue weighted by atomic mass is 32.2. The molecule has 0 aliphatic rings. The molecule has 0 spiro atoms. The number of benzene rings is 2. The Bertz CT molecular complexity index is 700. The maximum Gasteiger partial charge on any atom is 0.223 e. The number of nitrogens with one attached hydrogen (secondary N) is 1. The second kappa shape index (κ2) is 8.36. The van der Waals surface area contributed by atoms with Gasteiger partial charge in [-0.3, -0.25) is 10.1 Å². The van der Waals surface area contributed by atoms with Crippen molar-refractivity contribution in [1.29, 1.82) is 0 Å². The van der Waals surface area contributed by atoms with Crippen molar-refractivity contribution in [1.82, 2.24) is 4.72 Å². The summed E-state index contributed by atoms with van der Waals surface area (Å²) in [6.07, 6.45) is 3.46. The van der Waals surface area contributed by atoms with Gasteiger partial charge in [0, 0.05) is 4.92 Å². The number of hydrogen-bond donors (Lipinski definition) is 1. The lowest BCUT2D eigenvalue weighted by molar-refractivity contribution is -0.481. The maximum atomic E-state index is 12.3. The van der Waals surface area contributed by atoms with Crippen molar-refractivity contribution in [2.75, 3.05) is 6.54 Å². The Balaban J connectivity index is 2.09. The van der Waals surface area contributed by atoms with Gasteiger partial charge in [0.1, 0.15) is 17.0 Å². The summed E-state index contributed by atoms with van der Waals surface area (Å²) in [7, 11) is -1.50. The molecule has 0 aromatic heterocycles. The molecule has 0 heterocycles. The van der Waals surface area contributed by atoms with E-state index in [4.69, 9.17) is 0 Å². The van der Waals surface area contributed by atoms with Crippen molar-refractivity contribution in [3.05, 3.63) is 81.9 Å². The zero-order valence-corrected chi connectivity index (χ0v) is 13.5. The summed E-state index contributed by atoms with van der Waals surface area (Å²) >= 11 is 0. The molecule has 23 heavy (non-hydrogen) atoms. The Kier molecular flexibility index (Phi) is 6.19. The fourth-order valence-electron chi connectivity index (χ4n) is 1.96. The lowest BCUT2D eigenvalue weighted by Gasteiger charge is -2.11. The molecular weight excluding hydrogens is 312 g/mol. The summed E-state index contributed by atoms with van der Waals surface area (Å²) in [5.41, 5.74) is 2.00. The molecule has 0 amide bonds. The number of aryl methyl sites for hydroxylation is 1. The Hall–Kier alpha value is -2.31. The Morgan fingerprint density at radius 2 is 1.83 bits per heavy atom. The van der Waals surface area contributed by atoms with E-state index in [0.29, 0.717) is 4.90 Å². The van der Waals surface area contributed by atoms with Gasteiger partial charge in [-0.25, -0.2) is 8.93 Å². The van der Waals surface area contributed by atoms with Crippen molar-refractivity contribution in [3.63, 3.8) is 0 Å². The molecule has 2 atom stereocenters. The quantitative estimate of drug-likeness (QED) is 0.626. The minimum absolute atomic E-state index is 0.332. The molecule has 6 heteroatoms. The van der Waals surface area contributed by atoms with Crippen molar-refractivity contribution in [3.8, 4) is 0 Å². The van der Waals surface area contributed by atoms with Crippen LogP contribution in [-0.2, 0) is 11.0 Å². The zero-order chi connectivity index (χ0) is 16.7. The van der Waals surface area contributed by atoms with Crippen molar-refractivity contribution < 1.29 is 9.13 Å². The van der Waals surface area contributed by atoms with Gasteiger partial charge >= 0.3 is 0 Å². The van der Waals surface area contributed by atoms with Crippen LogP contribution in [0, 0.1) is 17.0 Å². The second-order valence-electron chi connectivity index (χ2n) is 5.09. The van der Waals surface area contributed by atoms with Crippen LogP contribution in [0.2, 0.25) is 0 Å². The Morgan fingerprint density at radius 1 is 1.17 bits per heavy atom. The molecule has 120 valence electrons. The van der Waals surface area contributed by atoms with E-state index in [0.717, 1.165) is 11.1 Å². The van der Waals surface area contributed by atoms with Crippen LogP contribution in [0.1, 0.15) is 11.1 Å². The lowest BCUT2D eigenvalue weighted by atomic mass is 10.2. The van der Waals surface area contributed by atoms with Crippen molar-refractivity contribution in [2.24, 2.45) is 0 Å². The van der Waals surface area contributed by atoms with Crippen LogP contribution in [0.4, 0.5) is 0 Å². The predicted octanol–water partition coefficient (Wildman–Crippen LogP) is 2.97. The highest BCUT2D eigenvalue weighted by Crippen LogP contribution is 2.08. The van der Waals surface area contributed by atoms with E-state index >= 15 is 0 Å². The molecule has 1 N–H and O–H groups in total. The summed E-state index contributed by atoms with van der Waals surface area (Å²) in [4.78, 5) is 11.0. The van der Waals surface area contributed by atoms with Crippen LogP contribution in [0.5, 0.6) is 0 Å². The van der Waals surface area contributed by atoms with Crippen LogP contribution >= 0.6 is 0 Å². The van der Waals surface area contributed by atoms with Crippen molar-refractivity contribution in [2.45, 2.75) is 17.9 Å². The highest BCUT2D eigenvalue weighted by Gasteiger charge is 2.15. The third kappa shape index (κ3) is 5.77. The molecule has 0 bridgehead atoms. The first kappa shape index (κ1) is 17.1. The van der Waals surface area contributed by atoms with E-state index in [9.17, 15) is 14.3 Å². The molecule has 2 aromatic carbocycles. The first-order valence-electron chi connectivity index (χ1n) is 7.14. The van der Waals surface area contributed by atoms with E-state index < -0.39 is 22.0 Å². The smallest absolute Gasteiger partial charge is 0.223 e. The van der Waals surface area contributed by atoms with Gasteiger partial charge in [-0.05, 0) is 24.6 Å². The summed E-state index contributed by atoms with van der Waals surface area (Å²) in [6, 6.07) is 16.1. The van der Waals surface area contributed by atoms with Gasteiger partial charge in [-0.2, -0.15) is 0 Å². The fraction of sp³-hybridized carbons (Fsp3) is 0.176. The summed E-state index contributed by atoms with van der Waals surface area (Å²) in [5, 5.41) is 10.8. The van der Waals surface area contributed by atoms with Crippen molar-refractivity contribution >= 4 is 17.1 Å². The van der Waals surface area contributed by atoms with Crippen LogP contribution in [-0.4, -0.2) is 21.7 Å². The van der Waals surface area contributed by atoms with Gasteiger partial charge in [0.25, 0.3) is 0 Å². The van der Waals surface area contributed by atoms with Gasteiger partial charge in [-0.1, -0.05) is 60.2 Å². The van der Waals surface area contributed by atoms with E-state index in [1.807, 2.05) is 49.4 Å². The summed E-state index contributed by atoms with van der Waals surface area (Å²) < 4.78 is 15.1. The van der Waals surface area contributed by atoms with Crippen LogP contribution < -0.4 is 4.72 Å². The average molecular weight is 330 g/mol. The van der Waals surface area contributed by atoms with Crippen LogP contribution in [0.25, 0.3) is 6.08 Å². The third-order valence-electron chi connectivity index (χ3n) is 3.16. The van der Waals surface area contributed by atoms with E-state index in [1.54, 1.807) is 24.3 Å². The number of rotatable bonds is 7. The van der Waals surface area contributed by atoms with Crippen LogP contribution in [0.15, 0.2) is 65.6 Å². The summed E-state index contributed by atoms with van der Waals surface area (Å²) in [6.45, 7) is 1.61. The van der Waals surface area contributed by atoms with E-state index in [-0.39, 0.29) is 6.54 Å². The van der Waals surface area contributed by atoms with Gasteiger partial charge in [0.15, 0.2) is 0 Å². The largest absolute Gasteiger partial charge is 0.264 e. The molecule has 0 saturated heterocycles. The Labute approximate surface area is 137 Å².